The van der Waals surface area contributed by atoms with Crippen LogP contribution in [0.2, 0.25) is 0 Å². The number of phenols is 2. The highest BCUT2D eigenvalue weighted by atomic mass is 16.5. The van der Waals surface area contributed by atoms with Gasteiger partial charge in [-0.1, -0.05) is 30.7 Å². The topological polar surface area (TPSA) is 65.0 Å². The molecule has 36 heavy (non-hydrogen) atoms. The average molecular weight is 487 g/mol. The molecule has 1 fully saturated rings. The van der Waals surface area contributed by atoms with Gasteiger partial charge in [-0.2, -0.15) is 0 Å². The zero-order valence-corrected chi connectivity index (χ0v) is 21.1. The first-order valence-electron chi connectivity index (χ1n) is 13.4. The molecule has 2 aliphatic rings. The van der Waals surface area contributed by atoms with Crippen LogP contribution in [0.25, 0.3) is 0 Å². The van der Waals surface area contributed by atoms with E-state index in [1.807, 2.05) is 30.3 Å². The molecule has 0 spiro atoms. The minimum atomic E-state index is 0.281. The summed E-state index contributed by atoms with van der Waals surface area (Å²) in [5, 5.41) is 23.4. The third kappa shape index (κ3) is 6.52. The zero-order chi connectivity index (χ0) is 24.7. The van der Waals surface area contributed by atoms with E-state index in [2.05, 4.69) is 28.4 Å². The van der Waals surface area contributed by atoms with Crippen molar-refractivity contribution >= 4 is 5.69 Å². The smallest absolute Gasteiger partial charge is 0.119 e. The zero-order valence-electron chi connectivity index (χ0n) is 21.1. The summed E-state index contributed by atoms with van der Waals surface area (Å²) in [7, 11) is 0. The number of ether oxygens (including phenoxy) is 1. The average Bonchev–Trinajstić information content (AvgIpc) is 2.90. The van der Waals surface area contributed by atoms with Crippen LogP contribution >= 0.6 is 0 Å². The van der Waals surface area contributed by atoms with E-state index >= 15 is 0 Å². The molecule has 1 aliphatic heterocycles. The Labute approximate surface area is 214 Å². The van der Waals surface area contributed by atoms with Crippen molar-refractivity contribution in [1.82, 2.24) is 4.90 Å². The highest BCUT2D eigenvalue weighted by Crippen LogP contribution is 2.33. The van der Waals surface area contributed by atoms with Crippen LogP contribution in [0.15, 0.2) is 60.7 Å². The van der Waals surface area contributed by atoms with Gasteiger partial charge in [0.25, 0.3) is 0 Å². The number of aromatic hydroxyl groups is 2. The van der Waals surface area contributed by atoms with Crippen molar-refractivity contribution < 1.29 is 14.9 Å². The number of benzene rings is 3. The number of hydrogen-bond donors (Lipinski definition) is 3. The maximum Gasteiger partial charge on any atom is 0.119 e. The van der Waals surface area contributed by atoms with Crippen LogP contribution in [0.4, 0.5) is 5.69 Å². The summed E-state index contributed by atoms with van der Waals surface area (Å²) in [6.45, 7) is 4.82. The van der Waals surface area contributed by atoms with E-state index in [1.54, 1.807) is 12.1 Å². The van der Waals surface area contributed by atoms with Crippen LogP contribution in [-0.4, -0.2) is 41.4 Å². The van der Waals surface area contributed by atoms with E-state index in [9.17, 15) is 10.2 Å². The molecular weight excluding hydrogens is 448 g/mol. The number of rotatable bonds is 9. The van der Waals surface area contributed by atoms with Crippen molar-refractivity contribution in [3.05, 3.63) is 82.9 Å². The standard InChI is InChI=1S/C31H38N2O3/c34-28-10-8-25-18-24(4-7-26(25)20-28)19-27-9-11-29(35)21-31(27)32-22-23-5-12-30(13-6-23)36-17-16-33-14-2-1-3-15-33/h5-6,8-13,20-21,24,32,34-35H,1-4,7,14-19,22H2. The summed E-state index contributed by atoms with van der Waals surface area (Å²) in [6, 6.07) is 19.7. The van der Waals surface area contributed by atoms with E-state index < -0.39 is 0 Å². The first-order valence-corrected chi connectivity index (χ1v) is 13.4. The fourth-order valence-electron chi connectivity index (χ4n) is 5.59. The second-order valence-electron chi connectivity index (χ2n) is 10.4. The number of fused-ring (bicyclic) bond motifs is 1. The molecule has 1 heterocycles. The summed E-state index contributed by atoms with van der Waals surface area (Å²) in [4.78, 5) is 2.49. The van der Waals surface area contributed by atoms with Gasteiger partial charge in [0.05, 0.1) is 0 Å². The minimum absolute atomic E-state index is 0.281. The molecule has 5 heteroatoms. The lowest BCUT2D eigenvalue weighted by Crippen LogP contribution is -2.33. The predicted octanol–water partition coefficient (Wildman–Crippen LogP) is 5.92. The summed E-state index contributed by atoms with van der Waals surface area (Å²) in [5.41, 5.74) is 6.02. The van der Waals surface area contributed by atoms with Crippen LogP contribution < -0.4 is 10.1 Å². The molecule has 0 aromatic heterocycles. The van der Waals surface area contributed by atoms with E-state index in [0.29, 0.717) is 18.2 Å². The van der Waals surface area contributed by atoms with Gasteiger partial charge in [0.1, 0.15) is 23.9 Å². The molecule has 0 amide bonds. The van der Waals surface area contributed by atoms with E-state index in [1.165, 1.54) is 54.6 Å². The monoisotopic (exact) mass is 486 g/mol. The Morgan fingerprint density at radius 2 is 1.64 bits per heavy atom. The number of anilines is 1. The van der Waals surface area contributed by atoms with Gasteiger partial charge in [-0.25, -0.2) is 0 Å². The van der Waals surface area contributed by atoms with Gasteiger partial charge in [-0.3, -0.25) is 4.90 Å². The summed E-state index contributed by atoms with van der Waals surface area (Å²) >= 11 is 0. The molecule has 1 atom stereocenters. The normalized spacial score (nSPS) is 17.9. The molecule has 0 radical (unpaired) electrons. The Morgan fingerprint density at radius 3 is 2.47 bits per heavy atom. The first kappa shape index (κ1) is 24.5. The Balaban J connectivity index is 1.14. The highest BCUT2D eigenvalue weighted by Gasteiger charge is 2.20. The second-order valence-corrected chi connectivity index (χ2v) is 10.4. The fourth-order valence-corrected chi connectivity index (χ4v) is 5.59. The Morgan fingerprint density at radius 1 is 0.861 bits per heavy atom. The lowest BCUT2D eigenvalue weighted by Gasteiger charge is -2.26. The number of aryl methyl sites for hydroxylation is 1. The maximum atomic E-state index is 10.1. The molecule has 1 saturated heterocycles. The molecule has 1 aliphatic carbocycles. The van der Waals surface area contributed by atoms with Crippen LogP contribution in [0.5, 0.6) is 17.2 Å². The van der Waals surface area contributed by atoms with Crippen LogP contribution in [0.1, 0.15) is 47.9 Å². The summed E-state index contributed by atoms with van der Waals surface area (Å²) in [5.74, 6) is 2.10. The molecule has 190 valence electrons. The first-order chi connectivity index (χ1) is 17.6. The van der Waals surface area contributed by atoms with Crippen molar-refractivity contribution in [2.75, 3.05) is 31.6 Å². The predicted molar refractivity (Wildman–Crippen MR) is 145 cm³/mol. The lowest BCUT2D eigenvalue weighted by atomic mass is 9.80. The number of nitrogens with zero attached hydrogens (tertiary/aromatic N) is 1. The number of phenolic OH excluding ortho intramolecular Hbond substituents is 2. The number of hydrogen-bond acceptors (Lipinski definition) is 5. The van der Waals surface area contributed by atoms with Crippen LogP contribution in [0, 0.1) is 5.92 Å². The Kier molecular flexibility index (Phi) is 7.97. The number of nitrogens with one attached hydrogen (secondary N) is 1. The maximum absolute atomic E-state index is 10.1. The third-order valence-electron chi connectivity index (χ3n) is 7.65. The molecule has 5 nitrogen and oxygen atoms in total. The Bertz CT molecular complexity index is 1140. The van der Waals surface area contributed by atoms with Crippen molar-refractivity contribution in [3.8, 4) is 17.2 Å². The van der Waals surface area contributed by atoms with Gasteiger partial charge < -0.3 is 20.3 Å². The van der Waals surface area contributed by atoms with Gasteiger partial charge in [-0.05, 0) is 110 Å². The quantitative estimate of drug-likeness (QED) is 0.350. The molecular formula is C31H38N2O3. The van der Waals surface area contributed by atoms with Gasteiger partial charge in [0, 0.05) is 24.8 Å². The molecule has 1 unspecified atom stereocenters. The molecule has 0 bridgehead atoms. The van der Waals surface area contributed by atoms with E-state index in [-0.39, 0.29) is 5.75 Å². The third-order valence-corrected chi connectivity index (χ3v) is 7.65. The summed E-state index contributed by atoms with van der Waals surface area (Å²) in [6.07, 6.45) is 8.07. The molecule has 5 rings (SSSR count). The van der Waals surface area contributed by atoms with Crippen molar-refractivity contribution in [1.29, 1.82) is 0 Å². The SMILES string of the molecule is Oc1ccc2c(c1)CCC(Cc1ccc(O)cc1NCc1ccc(OCCN3CCCCC3)cc1)C2. The van der Waals surface area contributed by atoms with Gasteiger partial charge >= 0.3 is 0 Å². The second kappa shape index (κ2) is 11.7. The molecule has 3 aromatic rings. The molecule has 0 saturated carbocycles. The molecule has 3 aromatic carbocycles. The fraction of sp³-hybridized carbons (Fsp3) is 0.419. The van der Waals surface area contributed by atoms with Crippen LogP contribution in [-0.2, 0) is 25.8 Å². The minimum Gasteiger partial charge on any atom is -0.508 e. The van der Waals surface area contributed by atoms with Crippen molar-refractivity contribution in [2.24, 2.45) is 5.92 Å². The lowest BCUT2D eigenvalue weighted by molar-refractivity contribution is 0.183. The largest absolute Gasteiger partial charge is 0.508 e. The van der Waals surface area contributed by atoms with Gasteiger partial charge in [0.2, 0.25) is 0 Å². The van der Waals surface area contributed by atoms with E-state index in [0.717, 1.165) is 50.3 Å². The Hall–Kier alpha value is -3.18. The van der Waals surface area contributed by atoms with Gasteiger partial charge in [-0.15, -0.1) is 0 Å². The van der Waals surface area contributed by atoms with Crippen molar-refractivity contribution in [2.45, 2.75) is 51.5 Å². The highest BCUT2D eigenvalue weighted by molar-refractivity contribution is 5.55. The van der Waals surface area contributed by atoms with E-state index in [4.69, 9.17) is 4.74 Å². The summed E-state index contributed by atoms with van der Waals surface area (Å²) < 4.78 is 5.97. The molecule has 3 N–H and O–H groups in total. The van der Waals surface area contributed by atoms with Crippen molar-refractivity contribution in [3.63, 3.8) is 0 Å². The number of likely N-dealkylation sites (tertiary alicyclic amines) is 1. The van der Waals surface area contributed by atoms with Gasteiger partial charge in [0.15, 0.2) is 0 Å². The number of piperidine rings is 1. The van der Waals surface area contributed by atoms with Crippen LogP contribution in [0.3, 0.4) is 0 Å².